The average molecular weight is 255 g/mol. The fraction of sp³-hybridized carbons (Fsp3) is 0.333. The lowest BCUT2D eigenvalue weighted by Gasteiger charge is -2.08. The number of nitriles is 1. The summed E-state index contributed by atoms with van der Waals surface area (Å²) in [5.74, 6) is 0.219. The molecule has 0 fully saturated rings. The molecule has 1 rings (SSSR count). The molecule has 0 radical (unpaired) electrons. The molecule has 1 aromatic rings. The highest BCUT2D eigenvalue weighted by atomic mass is 32.2. The van der Waals surface area contributed by atoms with Crippen LogP contribution in [-0.2, 0) is 10.0 Å². The lowest BCUT2D eigenvalue weighted by atomic mass is 10.2. The summed E-state index contributed by atoms with van der Waals surface area (Å²) in [5.41, 5.74) is 6.19. The summed E-state index contributed by atoms with van der Waals surface area (Å²) in [4.78, 5) is 3.93. The fourth-order valence-corrected chi connectivity index (χ4v) is 1.69. The molecule has 1 heterocycles. The van der Waals surface area contributed by atoms with Gasteiger partial charge in [-0.15, -0.1) is 0 Å². The molecule has 0 saturated carbocycles. The maximum Gasteiger partial charge on any atom is 0.213 e. The quantitative estimate of drug-likeness (QED) is 0.652. The van der Waals surface area contributed by atoms with Crippen molar-refractivity contribution in [2.75, 3.05) is 30.4 Å². The number of hydrogen-bond acceptors (Lipinski definition) is 6. The van der Waals surface area contributed by atoms with E-state index in [2.05, 4.69) is 15.0 Å². The standard InChI is InChI=1S/C9H13N5O2S/c1-12-17(15,16)5-4-14-9-8(11)7(6-10)2-3-13-9/h2-3,12H,4-5,11H2,1H3,(H,13,14). The molecule has 0 saturated heterocycles. The third kappa shape index (κ3) is 3.58. The van der Waals surface area contributed by atoms with Gasteiger partial charge in [0.25, 0.3) is 0 Å². The second kappa shape index (κ2) is 5.47. The summed E-state index contributed by atoms with van der Waals surface area (Å²) in [7, 11) is -1.92. The number of nitrogens with one attached hydrogen (secondary N) is 2. The van der Waals surface area contributed by atoms with Gasteiger partial charge < -0.3 is 11.1 Å². The van der Waals surface area contributed by atoms with Crippen molar-refractivity contribution in [1.29, 1.82) is 5.26 Å². The minimum absolute atomic E-state index is 0.0958. The first-order chi connectivity index (χ1) is 8.00. The number of sulfonamides is 1. The maximum absolute atomic E-state index is 11.1. The third-order valence-electron chi connectivity index (χ3n) is 2.08. The highest BCUT2D eigenvalue weighted by Gasteiger charge is 2.08. The topological polar surface area (TPSA) is 121 Å². The van der Waals surface area contributed by atoms with Gasteiger partial charge in [-0.05, 0) is 13.1 Å². The summed E-state index contributed by atoms with van der Waals surface area (Å²) in [6.45, 7) is 0.162. The minimum atomic E-state index is -3.26. The van der Waals surface area contributed by atoms with Gasteiger partial charge in [0.1, 0.15) is 6.07 Å². The molecular weight excluding hydrogens is 242 g/mol. The van der Waals surface area contributed by atoms with E-state index >= 15 is 0 Å². The largest absolute Gasteiger partial charge is 0.395 e. The molecule has 8 heteroatoms. The third-order valence-corrected chi connectivity index (χ3v) is 3.45. The summed E-state index contributed by atoms with van der Waals surface area (Å²) >= 11 is 0. The molecule has 0 amide bonds. The Hall–Kier alpha value is -1.85. The molecule has 0 atom stereocenters. The van der Waals surface area contributed by atoms with Crippen LogP contribution in [0, 0.1) is 11.3 Å². The van der Waals surface area contributed by atoms with E-state index in [4.69, 9.17) is 11.0 Å². The van der Waals surface area contributed by atoms with E-state index in [-0.39, 0.29) is 18.0 Å². The monoisotopic (exact) mass is 255 g/mol. The second-order valence-electron chi connectivity index (χ2n) is 3.18. The van der Waals surface area contributed by atoms with Gasteiger partial charge in [-0.25, -0.2) is 18.1 Å². The number of anilines is 2. The van der Waals surface area contributed by atoms with E-state index in [0.717, 1.165) is 0 Å². The molecule has 7 nitrogen and oxygen atoms in total. The molecule has 0 aliphatic heterocycles. The molecular formula is C9H13N5O2S. The van der Waals surface area contributed by atoms with Crippen LogP contribution in [0.2, 0.25) is 0 Å². The Bertz CT molecular complexity index is 535. The predicted molar refractivity (Wildman–Crippen MR) is 64.7 cm³/mol. The normalized spacial score (nSPS) is 10.8. The van der Waals surface area contributed by atoms with Gasteiger partial charge in [0, 0.05) is 12.7 Å². The predicted octanol–water partition coefficient (Wildman–Crippen LogP) is -0.503. The van der Waals surface area contributed by atoms with Crippen LogP contribution < -0.4 is 15.8 Å². The van der Waals surface area contributed by atoms with Gasteiger partial charge in [0.2, 0.25) is 10.0 Å². The van der Waals surface area contributed by atoms with Gasteiger partial charge in [-0.1, -0.05) is 0 Å². The smallest absolute Gasteiger partial charge is 0.213 e. The van der Waals surface area contributed by atoms with Crippen molar-refractivity contribution in [3.63, 3.8) is 0 Å². The zero-order chi connectivity index (χ0) is 12.9. The van der Waals surface area contributed by atoms with Crippen molar-refractivity contribution in [3.8, 4) is 6.07 Å². The van der Waals surface area contributed by atoms with Gasteiger partial charge >= 0.3 is 0 Å². The summed E-state index contributed by atoms with van der Waals surface area (Å²) in [6, 6.07) is 3.41. The maximum atomic E-state index is 11.1. The Morgan fingerprint density at radius 3 is 2.88 bits per heavy atom. The Morgan fingerprint density at radius 2 is 2.29 bits per heavy atom. The van der Waals surface area contributed by atoms with Crippen LogP contribution in [0.5, 0.6) is 0 Å². The van der Waals surface area contributed by atoms with Crippen molar-refractivity contribution in [1.82, 2.24) is 9.71 Å². The second-order valence-corrected chi connectivity index (χ2v) is 5.23. The molecule has 0 aliphatic rings. The number of rotatable bonds is 5. The molecule has 17 heavy (non-hydrogen) atoms. The van der Waals surface area contributed by atoms with Gasteiger partial charge in [0.05, 0.1) is 17.0 Å². The molecule has 92 valence electrons. The van der Waals surface area contributed by atoms with E-state index < -0.39 is 10.0 Å². The number of nitrogens with zero attached hydrogens (tertiary/aromatic N) is 2. The van der Waals surface area contributed by atoms with Gasteiger partial charge in [0.15, 0.2) is 5.82 Å². The van der Waals surface area contributed by atoms with Gasteiger partial charge in [-0.2, -0.15) is 5.26 Å². The Labute approximate surface area is 99.7 Å². The molecule has 0 unspecified atom stereocenters. The summed E-state index contributed by atoms with van der Waals surface area (Å²) in [6.07, 6.45) is 1.43. The van der Waals surface area contributed by atoms with Crippen LogP contribution in [0.25, 0.3) is 0 Å². The number of nitrogens with two attached hydrogens (primary N) is 1. The molecule has 0 spiro atoms. The SMILES string of the molecule is CNS(=O)(=O)CCNc1nccc(C#N)c1N. The summed E-state index contributed by atoms with van der Waals surface area (Å²) in [5, 5.41) is 11.5. The Morgan fingerprint density at radius 1 is 1.59 bits per heavy atom. The number of pyridine rings is 1. The lowest BCUT2D eigenvalue weighted by molar-refractivity contribution is 0.588. The van der Waals surface area contributed by atoms with Crippen molar-refractivity contribution < 1.29 is 8.42 Å². The highest BCUT2D eigenvalue weighted by Crippen LogP contribution is 2.18. The first-order valence-electron chi connectivity index (χ1n) is 4.80. The average Bonchev–Trinajstić information content (AvgIpc) is 2.31. The minimum Gasteiger partial charge on any atom is -0.395 e. The molecule has 0 aliphatic carbocycles. The van der Waals surface area contributed by atoms with Gasteiger partial charge in [-0.3, -0.25) is 0 Å². The van der Waals surface area contributed by atoms with Crippen LogP contribution in [0.3, 0.4) is 0 Å². The van der Waals surface area contributed by atoms with Crippen molar-refractivity contribution in [3.05, 3.63) is 17.8 Å². The number of nitrogen functional groups attached to an aromatic ring is 1. The highest BCUT2D eigenvalue weighted by molar-refractivity contribution is 7.89. The molecule has 1 aromatic heterocycles. The van der Waals surface area contributed by atoms with E-state index in [1.54, 1.807) is 0 Å². The molecule has 0 bridgehead atoms. The van der Waals surface area contributed by atoms with Crippen LogP contribution in [0.1, 0.15) is 5.56 Å². The van der Waals surface area contributed by atoms with Crippen LogP contribution in [-0.4, -0.2) is 32.7 Å². The molecule has 4 N–H and O–H groups in total. The van der Waals surface area contributed by atoms with E-state index in [1.165, 1.54) is 19.3 Å². The first-order valence-corrected chi connectivity index (χ1v) is 6.45. The van der Waals surface area contributed by atoms with Crippen molar-refractivity contribution in [2.45, 2.75) is 0 Å². The zero-order valence-electron chi connectivity index (χ0n) is 9.27. The fourth-order valence-electron chi connectivity index (χ4n) is 1.12. The number of aromatic nitrogens is 1. The Balaban J connectivity index is 2.69. The van der Waals surface area contributed by atoms with Crippen LogP contribution in [0.4, 0.5) is 11.5 Å². The van der Waals surface area contributed by atoms with Crippen LogP contribution >= 0.6 is 0 Å². The van der Waals surface area contributed by atoms with Crippen LogP contribution in [0.15, 0.2) is 12.3 Å². The number of hydrogen-bond donors (Lipinski definition) is 3. The summed E-state index contributed by atoms with van der Waals surface area (Å²) < 4.78 is 24.5. The van der Waals surface area contributed by atoms with Crippen molar-refractivity contribution >= 4 is 21.5 Å². The zero-order valence-corrected chi connectivity index (χ0v) is 10.1. The molecule has 0 aromatic carbocycles. The lowest BCUT2D eigenvalue weighted by Crippen LogP contribution is -2.26. The van der Waals surface area contributed by atoms with Crippen molar-refractivity contribution in [2.24, 2.45) is 0 Å². The first kappa shape index (κ1) is 13.2. The van der Waals surface area contributed by atoms with E-state index in [9.17, 15) is 8.42 Å². The Kier molecular flexibility index (Phi) is 4.25. The van der Waals surface area contributed by atoms with E-state index in [0.29, 0.717) is 11.4 Å². The van der Waals surface area contributed by atoms with E-state index in [1.807, 2.05) is 6.07 Å².